The lowest BCUT2D eigenvalue weighted by atomic mass is 10.0. The van der Waals surface area contributed by atoms with E-state index in [9.17, 15) is 9.90 Å². The number of imidazole rings is 1. The van der Waals surface area contributed by atoms with Gasteiger partial charge in [-0.25, -0.2) is 4.98 Å². The topological polar surface area (TPSA) is 75.9 Å². The maximum absolute atomic E-state index is 11.9. The molecule has 1 unspecified atom stereocenters. The summed E-state index contributed by atoms with van der Waals surface area (Å²) in [4.78, 5) is 16.2. The first-order chi connectivity index (χ1) is 9.65. The molecule has 1 atom stereocenters. The van der Waals surface area contributed by atoms with E-state index in [2.05, 4.69) is 10.3 Å². The molecule has 1 aliphatic heterocycles. The van der Waals surface area contributed by atoms with Crippen molar-refractivity contribution in [3.05, 3.63) is 36.3 Å². The van der Waals surface area contributed by atoms with Crippen LogP contribution in [0.2, 0.25) is 0 Å². The number of hydrogen-bond acceptors (Lipinski definition) is 4. The maximum Gasteiger partial charge on any atom is 0.226 e. The van der Waals surface area contributed by atoms with Crippen molar-refractivity contribution in [3.8, 4) is 0 Å². The van der Waals surface area contributed by atoms with Crippen LogP contribution in [0.25, 0.3) is 5.65 Å². The van der Waals surface area contributed by atoms with Crippen LogP contribution in [0.15, 0.2) is 30.6 Å². The average molecular weight is 275 g/mol. The predicted molar refractivity (Wildman–Crippen MR) is 72.3 cm³/mol. The van der Waals surface area contributed by atoms with Crippen LogP contribution < -0.4 is 5.32 Å². The minimum atomic E-state index is -0.922. The summed E-state index contributed by atoms with van der Waals surface area (Å²) >= 11 is 0. The monoisotopic (exact) mass is 275 g/mol. The molecule has 0 aromatic carbocycles. The Bertz CT molecular complexity index is 584. The van der Waals surface area contributed by atoms with Gasteiger partial charge in [-0.1, -0.05) is 6.07 Å². The normalized spacial score (nSPS) is 22.2. The van der Waals surface area contributed by atoms with E-state index in [0.29, 0.717) is 18.7 Å². The van der Waals surface area contributed by atoms with Crippen LogP contribution in [-0.4, -0.2) is 45.8 Å². The SMILES string of the molecule is O=C(Cc1cn2ccccc2n1)NCC1(O)CCOC1. The van der Waals surface area contributed by atoms with Crippen molar-refractivity contribution in [1.82, 2.24) is 14.7 Å². The fourth-order valence-electron chi connectivity index (χ4n) is 2.30. The molecule has 6 heteroatoms. The number of carbonyl (C=O) groups is 1. The van der Waals surface area contributed by atoms with E-state index >= 15 is 0 Å². The van der Waals surface area contributed by atoms with Gasteiger partial charge in [0.2, 0.25) is 5.91 Å². The summed E-state index contributed by atoms with van der Waals surface area (Å²) in [6.45, 7) is 1.04. The first-order valence-electron chi connectivity index (χ1n) is 6.64. The standard InChI is InChI=1S/C14H17N3O3/c18-13(15-9-14(19)4-6-20-10-14)7-11-8-17-5-2-1-3-12(17)16-11/h1-3,5,8,19H,4,6-7,9-10H2,(H,15,18). The fourth-order valence-corrected chi connectivity index (χ4v) is 2.30. The highest BCUT2D eigenvalue weighted by atomic mass is 16.5. The third-order valence-corrected chi connectivity index (χ3v) is 3.45. The largest absolute Gasteiger partial charge is 0.386 e. The molecule has 6 nitrogen and oxygen atoms in total. The smallest absolute Gasteiger partial charge is 0.226 e. The molecular formula is C14H17N3O3. The first-order valence-corrected chi connectivity index (χ1v) is 6.64. The fraction of sp³-hybridized carbons (Fsp3) is 0.429. The second-order valence-electron chi connectivity index (χ2n) is 5.18. The Balaban J connectivity index is 1.58. The first kappa shape index (κ1) is 13.1. The molecule has 0 saturated carbocycles. The summed E-state index contributed by atoms with van der Waals surface area (Å²) in [5, 5.41) is 12.8. The molecule has 1 amide bonds. The molecule has 3 rings (SSSR count). The molecule has 1 fully saturated rings. The molecule has 0 spiro atoms. The number of ether oxygens (including phenoxy) is 1. The summed E-state index contributed by atoms with van der Waals surface area (Å²) in [7, 11) is 0. The van der Waals surface area contributed by atoms with E-state index in [1.165, 1.54) is 0 Å². The molecule has 2 aromatic heterocycles. The van der Waals surface area contributed by atoms with Crippen molar-refractivity contribution in [2.24, 2.45) is 0 Å². The molecule has 1 saturated heterocycles. The highest BCUT2D eigenvalue weighted by molar-refractivity contribution is 5.78. The summed E-state index contributed by atoms with van der Waals surface area (Å²) < 4.78 is 7.01. The number of fused-ring (bicyclic) bond motifs is 1. The number of nitrogens with one attached hydrogen (secondary N) is 1. The van der Waals surface area contributed by atoms with Gasteiger partial charge in [0.15, 0.2) is 0 Å². The van der Waals surface area contributed by atoms with Crippen molar-refractivity contribution in [2.75, 3.05) is 19.8 Å². The lowest BCUT2D eigenvalue weighted by molar-refractivity contribution is -0.121. The molecule has 106 valence electrons. The number of aromatic nitrogens is 2. The molecule has 0 aliphatic carbocycles. The van der Waals surface area contributed by atoms with Crippen LogP contribution in [0.1, 0.15) is 12.1 Å². The maximum atomic E-state index is 11.9. The Morgan fingerprint density at radius 1 is 1.55 bits per heavy atom. The van der Waals surface area contributed by atoms with E-state index in [-0.39, 0.29) is 25.5 Å². The number of hydrogen-bond donors (Lipinski definition) is 2. The summed E-state index contributed by atoms with van der Waals surface area (Å²) in [5.74, 6) is -0.145. The lowest BCUT2D eigenvalue weighted by Gasteiger charge is -2.20. The van der Waals surface area contributed by atoms with Gasteiger partial charge in [-0.05, 0) is 12.1 Å². The highest BCUT2D eigenvalue weighted by Gasteiger charge is 2.32. The molecule has 0 radical (unpaired) electrons. The van der Waals surface area contributed by atoms with Crippen molar-refractivity contribution in [2.45, 2.75) is 18.4 Å². The number of aliphatic hydroxyl groups is 1. The quantitative estimate of drug-likeness (QED) is 0.832. The number of nitrogens with zero attached hydrogens (tertiary/aromatic N) is 2. The van der Waals surface area contributed by atoms with E-state index < -0.39 is 5.60 Å². The van der Waals surface area contributed by atoms with Gasteiger partial charge in [0.1, 0.15) is 11.2 Å². The van der Waals surface area contributed by atoms with Crippen LogP contribution in [0, 0.1) is 0 Å². The number of rotatable bonds is 4. The summed E-state index contributed by atoms with van der Waals surface area (Å²) in [5.41, 5.74) is 0.607. The van der Waals surface area contributed by atoms with E-state index in [4.69, 9.17) is 4.74 Å². The van der Waals surface area contributed by atoms with Crippen LogP contribution in [-0.2, 0) is 16.0 Å². The van der Waals surface area contributed by atoms with Crippen LogP contribution in [0.5, 0.6) is 0 Å². The van der Waals surface area contributed by atoms with E-state index in [1.54, 1.807) is 0 Å². The summed E-state index contributed by atoms with van der Waals surface area (Å²) in [6.07, 6.45) is 4.49. The van der Waals surface area contributed by atoms with Gasteiger partial charge < -0.3 is 19.6 Å². The highest BCUT2D eigenvalue weighted by Crippen LogP contribution is 2.16. The molecule has 2 N–H and O–H groups in total. The van der Waals surface area contributed by atoms with Crippen molar-refractivity contribution in [3.63, 3.8) is 0 Å². The third kappa shape index (κ3) is 2.81. The Morgan fingerprint density at radius 2 is 2.45 bits per heavy atom. The number of carbonyl (C=O) groups excluding carboxylic acids is 1. The van der Waals surface area contributed by atoms with Gasteiger partial charge in [-0.15, -0.1) is 0 Å². The predicted octanol–water partition coefficient (Wildman–Crippen LogP) is 0.144. The molecule has 0 bridgehead atoms. The molecule has 2 aromatic rings. The second-order valence-corrected chi connectivity index (χ2v) is 5.18. The Labute approximate surface area is 116 Å². The van der Waals surface area contributed by atoms with Gasteiger partial charge in [0.25, 0.3) is 0 Å². The second kappa shape index (κ2) is 5.22. The Hall–Kier alpha value is -1.92. The molecule has 1 aliphatic rings. The third-order valence-electron chi connectivity index (χ3n) is 3.45. The zero-order valence-corrected chi connectivity index (χ0v) is 11.1. The minimum Gasteiger partial charge on any atom is -0.386 e. The number of pyridine rings is 1. The van der Waals surface area contributed by atoms with Crippen molar-refractivity contribution >= 4 is 11.6 Å². The Kier molecular flexibility index (Phi) is 3.42. The van der Waals surface area contributed by atoms with Gasteiger partial charge >= 0.3 is 0 Å². The van der Waals surface area contributed by atoms with Gasteiger partial charge in [-0.3, -0.25) is 4.79 Å². The van der Waals surface area contributed by atoms with Crippen molar-refractivity contribution in [1.29, 1.82) is 0 Å². The zero-order valence-electron chi connectivity index (χ0n) is 11.1. The van der Waals surface area contributed by atoms with Gasteiger partial charge in [0, 0.05) is 32.0 Å². The zero-order chi connectivity index (χ0) is 14.0. The summed E-state index contributed by atoms with van der Waals surface area (Å²) in [6, 6.07) is 5.70. The van der Waals surface area contributed by atoms with E-state index in [1.807, 2.05) is 35.0 Å². The van der Waals surface area contributed by atoms with Crippen LogP contribution in [0.4, 0.5) is 0 Å². The minimum absolute atomic E-state index is 0.145. The molecule has 20 heavy (non-hydrogen) atoms. The van der Waals surface area contributed by atoms with Gasteiger partial charge in [0.05, 0.1) is 18.7 Å². The van der Waals surface area contributed by atoms with Gasteiger partial charge in [-0.2, -0.15) is 0 Å². The van der Waals surface area contributed by atoms with E-state index in [0.717, 1.165) is 5.65 Å². The number of amides is 1. The Morgan fingerprint density at radius 3 is 3.20 bits per heavy atom. The average Bonchev–Trinajstić information content (AvgIpc) is 3.03. The van der Waals surface area contributed by atoms with Crippen LogP contribution in [0.3, 0.4) is 0 Å². The van der Waals surface area contributed by atoms with Crippen LogP contribution >= 0.6 is 0 Å². The lowest BCUT2D eigenvalue weighted by Crippen LogP contribution is -2.43. The molecular weight excluding hydrogens is 258 g/mol. The van der Waals surface area contributed by atoms with Crippen molar-refractivity contribution < 1.29 is 14.6 Å². The molecule has 3 heterocycles.